The second-order valence-corrected chi connectivity index (χ2v) is 8.31. The summed E-state index contributed by atoms with van der Waals surface area (Å²) in [6.07, 6.45) is 0. The zero-order valence-corrected chi connectivity index (χ0v) is 14.0. The Morgan fingerprint density at radius 1 is 0.750 bits per heavy atom. The van der Waals surface area contributed by atoms with Crippen molar-refractivity contribution >= 4 is 20.2 Å². The molecule has 0 aliphatic carbocycles. The van der Waals surface area contributed by atoms with E-state index in [0.717, 1.165) is 0 Å². The van der Waals surface area contributed by atoms with Gasteiger partial charge in [-0.2, -0.15) is 16.8 Å². The molecule has 0 radical (unpaired) electrons. The molecule has 2 aromatic carbocycles. The van der Waals surface area contributed by atoms with Crippen LogP contribution in [0.1, 0.15) is 0 Å². The lowest BCUT2D eigenvalue weighted by Gasteiger charge is -2.23. The molecule has 0 spiro atoms. The highest BCUT2D eigenvalue weighted by Crippen LogP contribution is 2.19. The predicted octanol–water partition coefficient (Wildman–Crippen LogP) is 0.375. The molecule has 24 heavy (non-hydrogen) atoms. The van der Waals surface area contributed by atoms with Crippen LogP contribution >= 0.6 is 0 Å². The van der Waals surface area contributed by atoms with Crippen LogP contribution in [0.5, 0.6) is 11.5 Å². The summed E-state index contributed by atoms with van der Waals surface area (Å²) in [5, 5.41) is 0. The molecule has 0 aromatic heterocycles. The number of para-hydroxylation sites is 2. The van der Waals surface area contributed by atoms with Gasteiger partial charge in [0.15, 0.2) is 0 Å². The summed E-state index contributed by atoms with van der Waals surface area (Å²) >= 11 is 0. The van der Waals surface area contributed by atoms with E-state index in [4.69, 9.17) is 19.8 Å². The van der Waals surface area contributed by atoms with E-state index in [9.17, 15) is 16.8 Å². The number of hydrogen-bond donors (Lipinski definition) is 2. The average Bonchev–Trinajstić information content (AvgIpc) is 2.47. The van der Waals surface area contributed by atoms with Crippen molar-refractivity contribution in [1.82, 2.24) is 0 Å². The standard InChI is InChI=1S/C14H16N2O6S2/c15-14(16,24(19,20)22-13-9-5-2-6-10-13)11-23(17,18)21-12-7-3-1-4-8-12/h1-10H,11,15-16H2. The van der Waals surface area contributed by atoms with Gasteiger partial charge in [-0.05, 0) is 24.3 Å². The molecule has 0 bridgehead atoms. The van der Waals surface area contributed by atoms with Crippen LogP contribution in [0.4, 0.5) is 0 Å². The van der Waals surface area contributed by atoms with E-state index in [1.165, 1.54) is 36.4 Å². The molecule has 0 atom stereocenters. The average molecular weight is 372 g/mol. The number of nitrogens with two attached hydrogens (primary N) is 2. The first-order valence-corrected chi connectivity index (χ1v) is 9.64. The second-order valence-electron chi connectivity index (χ2n) is 4.90. The molecule has 0 aliphatic rings. The van der Waals surface area contributed by atoms with Gasteiger partial charge in [0.05, 0.1) is 0 Å². The lowest BCUT2D eigenvalue weighted by Crippen LogP contribution is -2.62. The number of benzene rings is 2. The van der Waals surface area contributed by atoms with Crippen molar-refractivity contribution in [3.8, 4) is 11.5 Å². The van der Waals surface area contributed by atoms with Crippen LogP contribution in [0.2, 0.25) is 0 Å². The van der Waals surface area contributed by atoms with Crippen molar-refractivity contribution in [2.75, 3.05) is 5.75 Å². The summed E-state index contributed by atoms with van der Waals surface area (Å²) in [4.78, 5) is -2.70. The van der Waals surface area contributed by atoms with Crippen molar-refractivity contribution in [2.45, 2.75) is 4.99 Å². The quantitative estimate of drug-likeness (QED) is 0.525. The Bertz CT molecular complexity index is 881. The third kappa shape index (κ3) is 4.68. The van der Waals surface area contributed by atoms with Crippen LogP contribution in [0, 0.1) is 0 Å². The van der Waals surface area contributed by atoms with Crippen LogP contribution in [0.15, 0.2) is 60.7 Å². The molecule has 0 amide bonds. The van der Waals surface area contributed by atoms with Crippen LogP contribution in [-0.2, 0) is 20.2 Å². The second kappa shape index (κ2) is 6.77. The summed E-state index contributed by atoms with van der Waals surface area (Å²) in [6, 6.07) is 15.0. The Morgan fingerprint density at radius 2 is 1.17 bits per heavy atom. The molecule has 0 saturated heterocycles. The van der Waals surface area contributed by atoms with E-state index in [1.807, 2.05) is 0 Å². The molecule has 10 heteroatoms. The van der Waals surface area contributed by atoms with Crippen molar-refractivity contribution < 1.29 is 25.2 Å². The monoisotopic (exact) mass is 372 g/mol. The van der Waals surface area contributed by atoms with Crippen molar-refractivity contribution in [3.05, 3.63) is 60.7 Å². The maximum atomic E-state index is 12.2. The topological polar surface area (TPSA) is 139 Å². The van der Waals surface area contributed by atoms with Gasteiger partial charge in [0.25, 0.3) is 0 Å². The zero-order valence-electron chi connectivity index (χ0n) is 12.4. The van der Waals surface area contributed by atoms with E-state index in [-0.39, 0.29) is 11.5 Å². The van der Waals surface area contributed by atoms with Crippen LogP contribution in [0.25, 0.3) is 0 Å². The third-order valence-electron chi connectivity index (χ3n) is 2.78. The molecule has 130 valence electrons. The van der Waals surface area contributed by atoms with E-state index >= 15 is 0 Å². The van der Waals surface area contributed by atoms with E-state index in [2.05, 4.69) is 0 Å². The summed E-state index contributed by atoms with van der Waals surface area (Å²) in [6.45, 7) is 0. The predicted molar refractivity (Wildman–Crippen MR) is 88.0 cm³/mol. The summed E-state index contributed by atoms with van der Waals surface area (Å²) in [5.41, 5.74) is 11.0. The van der Waals surface area contributed by atoms with Gasteiger partial charge >= 0.3 is 20.2 Å². The van der Waals surface area contributed by atoms with Crippen molar-refractivity contribution in [3.63, 3.8) is 0 Å². The molecule has 0 aliphatic heterocycles. The minimum absolute atomic E-state index is 0.00896. The molecule has 8 nitrogen and oxygen atoms in total. The number of hydrogen-bond acceptors (Lipinski definition) is 8. The first-order chi connectivity index (χ1) is 11.1. The van der Waals surface area contributed by atoms with E-state index in [1.54, 1.807) is 24.3 Å². The lowest BCUT2D eigenvalue weighted by atomic mass is 10.3. The van der Waals surface area contributed by atoms with Crippen molar-refractivity contribution in [1.29, 1.82) is 0 Å². The van der Waals surface area contributed by atoms with E-state index in [0.29, 0.717) is 0 Å². The molecule has 0 unspecified atom stereocenters. The lowest BCUT2D eigenvalue weighted by molar-refractivity contribution is 0.431. The number of rotatable bonds is 7. The Kier molecular flexibility index (Phi) is 5.13. The maximum Gasteiger partial charge on any atom is 0.343 e. The fourth-order valence-electron chi connectivity index (χ4n) is 1.68. The summed E-state index contributed by atoms with van der Waals surface area (Å²) in [5.74, 6) is -1.22. The largest absolute Gasteiger partial charge is 0.382 e. The Balaban J connectivity index is 2.17. The van der Waals surface area contributed by atoms with Crippen LogP contribution in [-0.4, -0.2) is 27.6 Å². The molecular formula is C14H16N2O6S2. The minimum atomic E-state index is -4.64. The Labute approximate surface area is 140 Å². The Morgan fingerprint density at radius 3 is 1.62 bits per heavy atom. The van der Waals surface area contributed by atoms with Gasteiger partial charge in [0, 0.05) is 0 Å². The smallest absolute Gasteiger partial charge is 0.343 e. The molecule has 4 N–H and O–H groups in total. The highest BCUT2D eigenvalue weighted by molar-refractivity contribution is 7.91. The third-order valence-corrected chi connectivity index (χ3v) is 5.73. The van der Waals surface area contributed by atoms with Gasteiger partial charge in [-0.25, -0.2) is 0 Å². The van der Waals surface area contributed by atoms with Gasteiger partial charge in [-0.15, -0.1) is 0 Å². The van der Waals surface area contributed by atoms with Gasteiger partial charge < -0.3 is 8.37 Å². The van der Waals surface area contributed by atoms with E-state index < -0.39 is 31.0 Å². The highest BCUT2D eigenvalue weighted by atomic mass is 32.2. The fourth-order valence-corrected chi connectivity index (χ4v) is 4.23. The summed E-state index contributed by atoms with van der Waals surface area (Å²) < 4.78 is 57.9. The summed E-state index contributed by atoms with van der Waals surface area (Å²) in [7, 11) is -9.02. The fraction of sp³-hybridized carbons (Fsp3) is 0.143. The SMILES string of the molecule is NC(N)(CS(=O)(=O)Oc1ccccc1)S(=O)(=O)Oc1ccccc1. The Hall–Kier alpha value is -2.14. The normalized spacial score (nSPS) is 12.6. The van der Waals surface area contributed by atoms with Gasteiger partial charge in [0.1, 0.15) is 17.3 Å². The van der Waals surface area contributed by atoms with Gasteiger partial charge in [0.2, 0.25) is 4.99 Å². The van der Waals surface area contributed by atoms with Crippen LogP contribution in [0.3, 0.4) is 0 Å². The molecule has 0 saturated carbocycles. The molecule has 2 aromatic rings. The molecule has 0 fully saturated rings. The van der Waals surface area contributed by atoms with Crippen molar-refractivity contribution in [2.24, 2.45) is 11.5 Å². The maximum absolute atomic E-state index is 12.2. The van der Waals surface area contributed by atoms with Gasteiger partial charge in [-0.3, -0.25) is 11.5 Å². The molecule has 2 rings (SSSR count). The minimum Gasteiger partial charge on any atom is -0.382 e. The van der Waals surface area contributed by atoms with Crippen LogP contribution < -0.4 is 19.8 Å². The first kappa shape index (κ1) is 18.2. The molecular weight excluding hydrogens is 356 g/mol. The zero-order chi connectivity index (χ0) is 17.8. The first-order valence-electron chi connectivity index (χ1n) is 6.65. The highest BCUT2D eigenvalue weighted by Gasteiger charge is 2.43. The molecule has 0 heterocycles. The van der Waals surface area contributed by atoms with Gasteiger partial charge in [-0.1, -0.05) is 36.4 Å².